The number of fused-ring (bicyclic) bond motifs is 1. The van der Waals surface area contributed by atoms with Gasteiger partial charge in [-0.15, -0.1) is 0 Å². The summed E-state index contributed by atoms with van der Waals surface area (Å²) in [7, 11) is -4.32. The van der Waals surface area contributed by atoms with Gasteiger partial charge in [0.05, 0.1) is 7.11 Å². The molecule has 2 aromatic rings. The highest BCUT2D eigenvalue weighted by Crippen LogP contribution is 2.36. The van der Waals surface area contributed by atoms with Gasteiger partial charge >= 0.3 is 15.6 Å². The van der Waals surface area contributed by atoms with E-state index in [0.717, 1.165) is 23.6 Å². The molecule has 2 aromatic carbocycles. The van der Waals surface area contributed by atoms with E-state index in [-0.39, 0.29) is 5.56 Å². The van der Waals surface area contributed by atoms with Gasteiger partial charge in [-0.3, -0.25) is 0 Å². The number of rotatable bonds is 4. The summed E-state index contributed by atoms with van der Waals surface area (Å²) < 4.78 is 82.9. The molecule has 1 aliphatic rings. The highest BCUT2D eigenvalue weighted by molar-refractivity contribution is 7.88. The average molecular weight is 402 g/mol. The first-order chi connectivity index (χ1) is 12.6. The van der Waals surface area contributed by atoms with Gasteiger partial charge in [-0.2, -0.15) is 21.6 Å². The number of alkyl halides is 3. The number of hydrogen-bond donors (Lipinski definition) is 0. The zero-order chi connectivity index (χ0) is 19.8. The van der Waals surface area contributed by atoms with E-state index in [2.05, 4.69) is 4.18 Å². The Labute approximate surface area is 153 Å². The summed E-state index contributed by atoms with van der Waals surface area (Å²) in [5.41, 5.74) is -3.16. The molecule has 3 rings (SSSR count). The van der Waals surface area contributed by atoms with Crippen molar-refractivity contribution in [1.29, 1.82) is 0 Å². The Bertz CT molecular complexity index is 1010. The van der Waals surface area contributed by atoms with Crippen molar-refractivity contribution in [3.63, 3.8) is 0 Å². The molecule has 0 saturated carbocycles. The molecule has 0 unspecified atom stereocenters. The van der Waals surface area contributed by atoms with Crippen molar-refractivity contribution in [3.05, 3.63) is 65.0 Å². The molecule has 0 aromatic heterocycles. The van der Waals surface area contributed by atoms with Crippen LogP contribution in [-0.2, 0) is 16.5 Å². The average Bonchev–Trinajstić information content (AvgIpc) is 2.59. The first-order valence-electron chi connectivity index (χ1n) is 7.80. The van der Waals surface area contributed by atoms with Crippen LogP contribution in [0.1, 0.15) is 23.1 Å². The van der Waals surface area contributed by atoms with Crippen molar-refractivity contribution in [1.82, 2.24) is 0 Å². The number of hydrogen-bond acceptors (Lipinski definition) is 4. The zero-order valence-corrected chi connectivity index (χ0v) is 14.8. The van der Waals surface area contributed by atoms with Crippen LogP contribution in [0, 0.1) is 5.82 Å². The quantitative estimate of drug-likeness (QED) is 0.431. The van der Waals surface area contributed by atoms with Crippen LogP contribution in [0.3, 0.4) is 0 Å². The van der Waals surface area contributed by atoms with E-state index in [1.807, 2.05) is 12.1 Å². The van der Waals surface area contributed by atoms with Crippen molar-refractivity contribution >= 4 is 15.7 Å². The minimum absolute atomic E-state index is 0.137. The molecule has 0 bridgehead atoms. The van der Waals surface area contributed by atoms with Gasteiger partial charge < -0.3 is 8.92 Å². The number of methoxy groups -OCH3 is 1. The number of allylic oxidation sites excluding steroid dienone is 1. The van der Waals surface area contributed by atoms with E-state index in [4.69, 9.17) is 4.74 Å². The molecule has 27 heavy (non-hydrogen) atoms. The molecule has 9 heteroatoms. The van der Waals surface area contributed by atoms with Crippen molar-refractivity contribution in [2.75, 3.05) is 7.11 Å². The van der Waals surface area contributed by atoms with Crippen LogP contribution in [0.15, 0.2) is 42.5 Å². The Morgan fingerprint density at radius 3 is 2.30 bits per heavy atom. The van der Waals surface area contributed by atoms with Gasteiger partial charge in [0.15, 0.2) is 0 Å². The summed E-state index contributed by atoms with van der Waals surface area (Å²) in [5, 5.41) is 0. The van der Waals surface area contributed by atoms with E-state index in [1.165, 1.54) is 13.2 Å². The van der Waals surface area contributed by atoms with Crippen LogP contribution in [-0.4, -0.2) is 21.0 Å². The maximum absolute atomic E-state index is 14.5. The molecular formula is C18H14F4O4S. The minimum Gasteiger partial charge on any atom is -0.497 e. The third kappa shape index (κ3) is 3.78. The summed E-state index contributed by atoms with van der Waals surface area (Å²) in [6, 6.07) is 8.15. The number of halogens is 4. The van der Waals surface area contributed by atoms with Crippen molar-refractivity contribution < 1.29 is 34.9 Å². The summed E-state index contributed by atoms with van der Waals surface area (Å²) in [6.07, 6.45) is 3.21. The first-order valence-corrected chi connectivity index (χ1v) is 9.21. The van der Waals surface area contributed by atoms with Gasteiger partial charge in [0.25, 0.3) is 0 Å². The Morgan fingerprint density at radius 2 is 1.67 bits per heavy atom. The van der Waals surface area contributed by atoms with Crippen molar-refractivity contribution in [2.45, 2.75) is 18.3 Å². The van der Waals surface area contributed by atoms with Crippen LogP contribution < -0.4 is 8.92 Å². The Hall–Kier alpha value is -2.55. The first kappa shape index (κ1) is 19.2. The maximum atomic E-state index is 14.5. The third-order valence-corrected chi connectivity index (χ3v) is 5.06. The standard InChI is InChI=1S/C18H14F4O4S/c1-25-12-5-7-14-11(9-12)3-2-4-15(14)16-8-6-13(10-17(16)19)26-27(23,24)18(20,21)22/h4-10H,2-3H2,1H3. The van der Waals surface area contributed by atoms with Gasteiger partial charge in [-0.1, -0.05) is 12.1 Å². The van der Waals surface area contributed by atoms with Gasteiger partial charge in [0.2, 0.25) is 0 Å². The highest BCUT2D eigenvalue weighted by atomic mass is 32.2. The van der Waals surface area contributed by atoms with Crippen LogP contribution in [0.4, 0.5) is 17.6 Å². The molecule has 0 N–H and O–H groups in total. The van der Waals surface area contributed by atoms with Gasteiger partial charge in [-0.05, 0) is 53.8 Å². The number of aryl methyl sites for hydroxylation is 1. The normalized spacial score (nSPS) is 14.3. The predicted molar refractivity (Wildman–Crippen MR) is 90.4 cm³/mol. The smallest absolute Gasteiger partial charge is 0.497 e. The summed E-state index contributed by atoms with van der Waals surface area (Å²) in [5.74, 6) is -0.976. The molecule has 0 aliphatic heterocycles. The monoisotopic (exact) mass is 402 g/mol. The third-order valence-electron chi connectivity index (χ3n) is 4.08. The van der Waals surface area contributed by atoms with Crippen LogP contribution >= 0.6 is 0 Å². The molecule has 4 nitrogen and oxygen atoms in total. The Balaban J connectivity index is 1.95. The number of ether oxygens (including phenoxy) is 1. The zero-order valence-electron chi connectivity index (χ0n) is 14.0. The fraction of sp³-hybridized carbons (Fsp3) is 0.222. The number of benzene rings is 2. The lowest BCUT2D eigenvalue weighted by Gasteiger charge is -2.19. The van der Waals surface area contributed by atoms with E-state index in [1.54, 1.807) is 12.1 Å². The second-order valence-corrected chi connectivity index (χ2v) is 7.34. The van der Waals surface area contributed by atoms with Crippen LogP contribution in [0.2, 0.25) is 0 Å². The lowest BCUT2D eigenvalue weighted by atomic mass is 9.86. The molecule has 1 aliphatic carbocycles. The van der Waals surface area contributed by atoms with E-state index >= 15 is 0 Å². The SMILES string of the molecule is COc1ccc2c(c1)CCC=C2c1ccc(OS(=O)(=O)C(F)(F)F)cc1F. The molecule has 0 spiro atoms. The maximum Gasteiger partial charge on any atom is 0.534 e. The van der Waals surface area contributed by atoms with Crippen molar-refractivity contribution in [2.24, 2.45) is 0 Å². The summed E-state index contributed by atoms with van der Waals surface area (Å²) in [4.78, 5) is 0. The second kappa shape index (κ2) is 6.88. The second-order valence-electron chi connectivity index (χ2n) is 5.80. The van der Waals surface area contributed by atoms with E-state index in [9.17, 15) is 26.0 Å². The molecule has 144 valence electrons. The lowest BCUT2D eigenvalue weighted by molar-refractivity contribution is -0.0500. The van der Waals surface area contributed by atoms with E-state index < -0.39 is 27.2 Å². The topological polar surface area (TPSA) is 52.6 Å². The lowest BCUT2D eigenvalue weighted by Crippen LogP contribution is -2.28. The van der Waals surface area contributed by atoms with Crippen molar-refractivity contribution in [3.8, 4) is 11.5 Å². The van der Waals surface area contributed by atoms with E-state index in [0.29, 0.717) is 23.8 Å². The minimum atomic E-state index is -5.86. The molecular weight excluding hydrogens is 388 g/mol. The Kier molecular flexibility index (Phi) is 4.90. The fourth-order valence-corrected chi connectivity index (χ4v) is 3.30. The van der Waals surface area contributed by atoms with Gasteiger partial charge in [-0.25, -0.2) is 4.39 Å². The fourth-order valence-electron chi connectivity index (χ4n) is 2.84. The molecule has 0 fully saturated rings. The highest BCUT2D eigenvalue weighted by Gasteiger charge is 2.48. The summed E-state index contributed by atoms with van der Waals surface area (Å²) in [6.45, 7) is 0. The molecule has 0 atom stereocenters. The van der Waals surface area contributed by atoms with Crippen LogP contribution in [0.25, 0.3) is 5.57 Å². The largest absolute Gasteiger partial charge is 0.534 e. The van der Waals surface area contributed by atoms with Gasteiger partial charge in [0, 0.05) is 11.6 Å². The molecule has 0 radical (unpaired) electrons. The van der Waals surface area contributed by atoms with Gasteiger partial charge in [0.1, 0.15) is 17.3 Å². The van der Waals surface area contributed by atoms with Crippen LogP contribution in [0.5, 0.6) is 11.5 Å². The molecule has 0 heterocycles. The predicted octanol–water partition coefficient (Wildman–Crippen LogP) is 4.44. The molecule has 0 amide bonds. The summed E-state index contributed by atoms with van der Waals surface area (Å²) >= 11 is 0. The Morgan fingerprint density at radius 1 is 1.00 bits per heavy atom. The molecule has 0 saturated heterocycles.